The summed E-state index contributed by atoms with van der Waals surface area (Å²) in [6.45, 7) is 1.95. The van der Waals surface area contributed by atoms with Crippen molar-refractivity contribution in [3.8, 4) is 0 Å². The molecule has 0 fully saturated rings. The summed E-state index contributed by atoms with van der Waals surface area (Å²) in [6, 6.07) is 5.45. The van der Waals surface area contributed by atoms with Crippen LogP contribution in [0.2, 0.25) is 0 Å². The topological polar surface area (TPSA) is 38.0 Å². The van der Waals surface area contributed by atoms with Gasteiger partial charge in [-0.1, -0.05) is 6.07 Å². The molecule has 0 amide bonds. The lowest BCUT2D eigenvalue weighted by Crippen LogP contribution is -2.28. The van der Waals surface area contributed by atoms with Gasteiger partial charge in [0.25, 0.3) is 0 Å². The van der Waals surface area contributed by atoms with Crippen molar-refractivity contribution in [3.05, 3.63) is 57.3 Å². The maximum atomic E-state index is 13.2. The molecular weight excluding hydrogens is 242 g/mol. The summed E-state index contributed by atoms with van der Waals surface area (Å²) in [6.07, 6.45) is 0. The SMILES string of the molecule is Cc1ccsc1C(NN)c1ccc(F)c(F)c1. The first kappa shape index (κ1) is 12.2. The highest BCUT2D eigenvalue weighted by Gasteiger charge is 2.17. The number of thiophene rings is 1. The van der Waals surface area contributed by atoms with Crippen molar-refractivity contribution >= 4 is 11.3 Å². The van der Waals surface area contributed by atoms with Gasteiger partial charge >= 0.3 is 0 Å². The Morgan fingerprint density at radius 1 is 1.24 bits per heavy atom. The number of halogens is 2. The van der Waals surface area contributed by atoms with Gasteiger partial charge in [0.05, 0.1) is 6.04 Å². The number of benzene rings is 1. The van der Waals surface area contributed by atoms with Crippen molar-refractivity contribution in [2.75, 3.05) is 0 Å². The van der Waals surface area contributed by atoms with E-state index in [2.05, 4.69) is 5.43 Å². The number of nitrogens with one attached hydrogen (secondary N) is 1. The summed E-state index contributed by atoms with van der Waals surface area (Å²) < 4.78 is 26.0. The van der Waals surface area contributed by atoms with E-state index in [0.29, 0.717) is 5.56 Å². The van der Waals surface area contributed by atoms with Gasteiger partial charge in [-0.15, -0.1) is 11.3 Å². The molecule has 0 aliphatic carbocycles. The molecule has 1 unspecified atom stereocenters. The Kier molecular flexibility index (Phi) is 3.51. The van der Waals surface area contributed by atoms with Gasteiger partial charge < -0.3 is 0 Å². The number of aryl methyl sites for hydroxylation is 1. The Morgan fingerprint density at radius 2 is 2.00 bits per heavy atom. The molecule has 3 N–H and O–H groups in total. The van der Waals surface area contributed by atoms with Crippen LogP contribution in [-0.4, -0.2) is 0 Å². The van der Waals surface area contributed by atoms with Gasteiger partial charge in [-0.2, -0.15) is 0 Å². The molecule has 0 bridgehead atoms. The average molecular weight is 254 g/mol. The van der Waals surface area contributed by atoms with Crippen LogP contribution in [0.4, 0.5) is 8.78 Å². The molecule has 1 aromatic carbocycles. The largest absolute Gasteiger partial charge is 0.271 e. The van der Waals surface area contributed by atoms with Gasteiger partial charge in [-0.3, -0.25) is 5.84 Å². The highest BCUT2D eigenvalue weighted by molar-refractivity contribution is 7.10. The third-order valence-corrected chi connectivity index (χ3v) is 3.69. The van der Waals surface area contributed by atoms with Crippen molar-refractivity contribution in [2.24, 2.45) is 5.84 Å². The minimum atomic E-state index is -0.864. The molecule has 2 rings (SSSR count). The summed E-state index contributed by atoms with van der Waals surface area (Å²) in [5, 5.41) is 1.94. The van der Waals surface area contributed by atoms with Gasteiger partial charge in [0.1, 0.15) is 0 Å². The maximum absolute atomic E-state index is 13.2. The van der Waals surface area contributed by atoms with Crippen molar-refractivity contribution in [1.29, 1.82) is 0 Å². The molecule has 0 spiro atoms. The van der Waals surface area contributed by atoms with Crippen LogP contribution < -0.4 is 11.3 Å². The Bertz CT molecular complexity index is 525. The predicted octanol–water partition coefficient (Wildman–Crippen LogP) is 2.89. The van der Waals surface area contributed by atoms with Gasteiger partial charge in [0.15, 0.2) is 11.6 Å². The van der Waals surface area contributed by atoms with Crippen LogP contribution >= 0.6 is 11.3 Å². The Labute approximate surface area is 102 Å². The quantitative estimate of drug-likeness (QED) is 0.653. The molecule has 5 heteroatoms. The second-order valence-corrected chi connectivity index (χ2v) is 4.69. The third-order valence-electron chi connectivity index (χ3n) is 2.61. The first-order valence-electron chi connectivity index (χ1n) is 5.08. The number of nitrogens with two attached hydrogens (primary N) is 1. The van der Waals surface area contributed by atoms with Gasteiger partial charge in [0, 0.05) is 4.88 Å². The van der Waals surface area contributed by atoms with E-state index in [1.165, 1.54) is 23.5 Å². The molecule has 2 aromatic rings. The molecule has 0 aliphatic heterocycles. The van der Waals surface area contributed by atoms with Crippen molar-refractivity contribution in [1.82, 2.24) is 5.43 Å². The fraction of sp³-hybridized carbons (Fsp3) is 0.167. The number of hydrogen-bond donors (Lipinski definition) is 2. The minimum Gasteiger partial charge on any atom is -0.271 e. The summed E-state index contributed by atoms with van der Waals surface area (Å²) in [7, 11) is 0. The van der Waals surface area contributed by atoms with E-state index in [1.54, 1.807) is 0 Å². The Morgan fingerprint density at radius 3 is 2.53 bits per heavy atom. The molecule has 1 aromatic heterocycles. The minimum absolute atomic E-state index is 0.315. The molecule has 0 saturated carbocycles. The monoisotopic (exact) mass is 254 g/mol. The summed E-state index contributed by atoms with van der Waals surface area (Å²) in [5.74, 6) is 3.78. The van der Waals surface area contributed by atoms with Crippen LogP contribution in [0.1, 0.15) is 22.0 Å². The highest BCUT2D eigenvalue weighted by Crippen LogP contribution is 2.29. The zero-order valence-corrected chi connectivity index (χ0v) is 10.0. The van der Waals surface area contributed by atoms with Crippen LogP contribution in [0, 0.1) is 18.6 Å². The molecule has 2 nitrogen and oxygen atoms in total. The van der Waals surface area contributed by atoms with Crippen LogP contribution in [-0.2, 0) is 0 Å². The van der Waals surface area contributed by atoms with E-state index in [9.17, 15) is 8.78 Å². The van der Waals surface area contributed by atoms with Gasteiger partial charge in [-0.25, -0.2) is 14.2 Å². The lowest BCUT2D eigenvalue weighted by molar-refractivity contribution is 0.504. The normalized spacial score (nSPS) is 12.7. The molecule has 0 radical (unpaired) electrons. The summed E-state index contributed by atoms with van der Waals surface area (Å²) >= 11 is 1.53. The first-order valence-corrected chi connectivity index (χ1v) is 5.96. The summed E-state index contributed by atoms with van der Waals surface area (Å²) in [4.78, 5) is 0.999. The van der Waals surface area contributed by atoms with Crippen LogP contribution in [0.5, 0.6) is 0 Å². The second kappa shape index (κ2) is 4.91. The first-order chi connectivity index (χ1) is 8.13. The van der Waals surface area contributed by atoms with Gasteiger partial charge in [0.2, 0.25) is 0 Å². The van der Waals surface area contributed by atoms with E-state index in [0.717, 1.165) is 16.5 Å². The van der Waals surface area contributed by atoms with Gasteiger partial charge in [-0.05, 0) is 41.6 Å². The van der Waals surface area contributed by atoms with Crippen molar-refractivity contribution in [2.45, 2.75) is 13.0 Å². The van der Waals surface area contributed by atoms with Crippen LogP contribution in [0.3, 0.4) is 0 Å². The third kappa shape index (κ3) is 2.36. The van der Waals surface area contributed by atoms with E-state index >= 15 is 0 Å². The fourth-order valence-corrected chi connectivity index (χ4v) is 2.71. The standard InChI is InChI=1S/C12H12F2N2S/c1-7-4-5-17-12(7)11(16-15)8-2-3-9(13)10(14)6-8/h2-6,11,16H,15H2,1H3. The fourth-order valence-electron chi connectivity index (χ4n) is 1.70. The smallest absolute Gasteiger partial charge is 0.159 e. The molecule has 90 valence electrons. The predicted molar refractivity (Wildman–Crippen MR) is 64.6 cm³/mol. The zero-order chi connectivity index (χ0) is 12.4. The van der Waals surface area contributed by atoms with E-state index < -0.39 is 11.6 Å². The van der Waals surface area contributed by atoms with E-state index in [1.807, 2.05) is 18.4 Å². The molecule has 1 atom stereocenters. The van der Waals surface area contributed by atoms with Crippen molar-refractivity contribution < 1.29 is 8.78 Å². The number of hydrazine groups is 1. The average Bonchev–Trinajstić information content (AvgIpc) is 2.71. The Hall–Kier alpha value is -1.30. The van der Waals surface area contributed by atoms with E-state index in [4.69, 9.17) is 5.84 Å². The second-order valence-electron chi connectivity index (χ2n) is 3.74. The lowest BCUT2D eigenvalue weighted by atomic mass is 10.0. The van der Waals surface area contributed by atoms with E-state index in [-0.39, 0.29) is 6.04 Å². The highest BCUT2D eigenvalue weighted by atomic mass is 32.1. The lowest BCUT2D eigenvalue weighted by Gasteiger charge is -2.16. The number of hydrogen-bond acceptors (Lipinski definition) is 3. The zero-order valence-electron chi connectivity index (χ0n) is 9.21. The van der Waals surface area contributed by atoms with Crippen LogP contribution in [0.25, 0.3) is 0 Å². The van der Waals surface area contributed by atoms with Crippen LogP contribution in [0.15, 0.2) is 29.6 Å². The Balaban J connectivity index is 2.42. The van der Waals surface area contributed by atoms with Crippen molar-refractivity contribution in [3.63, 3.8) is 0 Å². The molecule has 1 heterocycles. The molecule has 17 heavy (non-hydrogen) atoms. The molecule has 0 aliphatic rings. The molecule has 0 saturated heterocycles. The maximum Gasteiger partial charge on any atom is 0.159 e. The number of rotatable bonds is 3. The molecular formula is C12H12F2N2S. The summed E-state index contributed by atoms with van der Waals surface area (Å²) in [5.41, 5.74) is 4.31.